The van der Waals surface area contributed by atoms with E-state index in [9.17, 15) is 9.90 Å². The SMILES string of the molecule is COC(=O)c1ccc2c(C(=Nc3ccc(CN(C)C)cc3)c3ccn4ccnc4c3)c(O)[nH]c2c1. The van der Waals surface area contributed by atoms with Crippen LogP contribution in [0.3, 0.4) is 0 Å². The maximum absolute atomic E-state index is 12.0. The van der Waals surface area contributed by atoms with Crippen molar-refractivity contribution in [2.45, 2.75) is 6.54 Å². The highest BCUT2D eigenvalue weighted by atomic mass is 16.5. The molecule has 0 unspecified atom stereocenters. The average molecular weight is 468 g/mol. The predicted octanol–water partition coefficient (Wildman–Crippen LogP) is 4.54. The molecule has 0 aliphatic carbocycles. The van der Waals surface area contributed by atoms with Gasteiger partial charge in [0.2, 0.25) is 0 Å². The van der Waals surface area contributed by atoms with E-state index in [0.717, 1.165) is 28.8 Å². The summed E-state index contributed by atoms with van der Waals surface area (Å²) in [6, 6.07) is 17.0. The van der Waals surface area contributed by atoms with Crippen LogP contribution in [0.1, 0.15) is 27.0 Å². The van der Waals surface area contributed by atoms with Crippen molar-refractivity contribution in [3.05, 3.63) is 95.4 Å². The van der Waals surface area contributed by atoms with E-state index in [1.54, 1.807) is 24.4 Å². The normalized spacial score (nSPS) is 12.1. The first-order valence-electron chi connectivity index (χ1n) is 11.1. The van der Waals surface area contributed by atoms with Crippen LogP contribution in [0.5, 0.6) is 5.88 Å². The largest absolute Gasteiger partial charge is 0.494 e. The Morgan fingerprint density at radius 1 is 1.09 bits per heavy atom. The zero-order chi connectivity index (χ0) is 24.5. The first-order valence-corrected chi connectivity index (χ1v) is 11.1. The number of fused-ring (bicyclic) bond motifs is 2. The quantitative estimate of drug-likeness (QED) is 0.282. The zero-order valence-corrected chi connectivity index (χ0v) is 19.7. The number of aromatic hydroxyl groups is 1. The Kier molecular flexibility index (Phi) is 5.80. The number of carbonyl (C=O) groups is 1. The molecule has 0 spiro atoms. The molecule has 5 aromatic rings. The van der Waals surface area contributed by atoms with Crippen molar-refractivity contribution in [1.29, 1.82) is 0 Å². The second kappa shape index (κ2) is 9.08. The molecule has 3 aromatic heterocycles. The summed E-state index contributed by atoms with van der Waals surface area (Å²) >= 11 is 0. The van der Waals surface area contributed by atoms with Crippen LogP contribution in [0.2, 0.25) is 0 Å². The minimum atomic E-state index is -0.445. The van der Waals surface area contributed by atoms with Crippen LogP contribution in [-0.4, -0.2) is 57.3 Å². The van der Waals surface area contributed by atoms with E-state index in [4.69, 9.17) is 9.73 Å². The molecular weight excluding hydrogens is 442 g/mol. The van der Waals surface area contributed by atoms with E-state index in [1.165, 1.54) is 12.7 Å². The third kappa shape index (κ3) is 4.39. The van der Waals surface area contributed by atoms with Gasteiger partial charge in [-0.25, -0.2) is 14.8 Å². The number of hydrogen-bond acceptors (Lipinski definition) is 6. The van der Waals surface area contributed by atoms with Crippen molar-refractivity contribution in [2.24, 2.45) is 4.99 Å². The van der Waals surface area contributed by atoms with Gasteiger partial charge in [0.05, 0.1) is 29.6 Å². The number of aliphatic imine (C=N–C) groups is 1. The molecule has 0 fully saturated rings. The summed E-state index contributed by atoms with van der Waals surface area (Å²) in [5.41, 5.74) is 5.64. The third-order valence-corrected chi connectivity index (χ3v) is 5.78. The maximum Gasteiger partial charge on any atom is 0.337 e. The molecule has 0 atom stereocenters. The summed E-state index contributed by atoms with van der Waals surface area (Å²) in [5.74, 6) is -0.479. The number of nitrogens with one attached hydrogen (secondary N) is 1. The molecule has 0 saturated carbocycles. The van der Waals surface area contributed by atoms with Crippen molar-refractivity contribution >= 4 is 33.9 Å². The fourth-order valence-corrected chi connectivity index (χ4v) is 4.16. The molecule has 0 aliphatic rings. The van der Waals surface area contributed by atoms with Gasteiger partial charge in [-0.2, -0.15) is 0 Å². The summed E-state index contributed by atoms with van der Waals surface area (Å²) in [5, 5.41) is 11.7. The first-order chi connectivity index (χ1) is 16.9. The maximum atomic E-state index is 12.0. The lowest BCUT2D eigenvalue weighted by atomic mass is 10.0. The van der Waals surface area contributed by atoms with Gasteiger partial charge in [0.15, 0.2) is 5.88 Å². The topological polar surface area (TPSA) is 95.2 Å². The molecule has 3 heterocycles. The van der Waals surface area contributed by atoms with Gasteiger partial charge in [-0.1, -0.05) is 18.2 Å². The van der Waals surface area contributed by atoms with Crippen LogP contribution >= 0.6 is 0 Å². The van der Waals surface area contributed by atoms with Gasteiger partial charge in [-0.3, -0.25) is 0 Å². The lowest BCUT2D eigenvalue weighted by Gasteiger charge is -2.11. The van der Waals surface area contributed by atoms with E-state index >= 15 is 0 Å². The lowest BCUT2D eigenvalue weighted by molar-refractivity contribution is 0.0601. The Labute approximate surface area is 202 Å². The number of methoxy groups -OCH3 is 1. The van der Waals surface area contributed by atoms with Crippen molar-refractivity contribution in [3.8, 4) is 5.88 Å². The number of hydrogen-bond donors (Lipinski definition) is 2. The lowest BCUT2D eigenvalue weighted by Crippen LogP contribution is -2.10. The van der Waals surface area contributed by atoms with Gasteiger partial charge in [-0.15, -0.1) is 0 Å². The molecule has 0 amide bonds. The number of imidazole rings is 1. The number of carbonyl (C=O) groups excluding carboxylic acids is 1. The summed E-state index contributed by atoms with van der Waals surface area (Å²) in [7, 11) is 5.40. The van der Waals surface area contributed by atoms with Crippen molar-refractivity contribution in [2.75, 3.05) is 21.2 Å². The molecule has 2 aromatic carbocycles. The fraction of sp³-hybridized carbons (Fsp3) is 0.148. The number of rotatable bonds is 6. The van der Waals surface area contributed by atoms with Crippen LogP contribution in [-0.2, 0) is 11.3 Å². The number of aromatic amines is 1. The Morgan fingerprint density at radius 2 is 1.89 bits per heavy atom. The van der Waals surface area contributed by atoms with Gasteiger partial charge < -0.3 is 24.1 Å². The van der Waals surface area contributed by atoms with Gasteiger partial charge in [-0.05, 0) is 56.1 Å². The number of H-pyrrole nitrogens is 1. The number of pyridine rings is 1. The monoisotopic (exact) mass is 467 g/mol. The van der Waals surface area contributed by atoms with Crippen LogP contribution in [0.4, 0.5) is 5.69 Å². The van der Waals surface area contributed by atoms with Crippen LogP contribution in [0.15, 0.2) is 78.2 Å². The molecule has 0 bridgehead atoms. The second-order valence-corrected chi connectivity index (χ2v) is 8.57. The van der Waals surface area contributed by atoms with E-state index in [-0.39, 0.29) is 5.88 Å². The highest BCUT2D eigenvalue weighted by Gasteiger charge is 2.20. The minimum Gasteiger partial charge on any atom is -0.494 e. The number of benzene rings is 2. The standard InChI is InChI=1S/C27H25N5O3/c1-31(2)16-17-4-7-20(8-5-17)29-25(18-10-12-32-13-11-28-23(32)15-18)24-21-9-6-19(27(34)35-3)14-22(21)30-26(24)33/h4-15,30,33H,16H2,1-3H3. The molecule has 2 N–H and O–H groups in total. The van der Waals surface area contributed by atoms with Crippen molar-refractivity contribution in [3.63, 3.8) is 0 Å². The molecule has 35 heavy (non-hydrogen) atoms. The summed E-state index contributed by atoms with van der Waals surface area (Å²) < 4.78 is 6.75. The van der Waals surface area contributed by atoms with Crippen molar-refractivity contribution < 1.29 is 14.6 Å². The molecule has 176 valence electrons. The molecule has 0 saturated heterocycles. The molecule has 8 heteroatoms. The Morgan fingerprint density at radius 3 is 2.63 bits per heavy atom. The summed E-state index contributed by atoms with van der Waals surface area (Å²) in [6.45, 7) is 0.833. The van der Waals surface area contributed by atoms with Crippen LogP contribution in [0, 0.1) is 0 Å². The van der Waals surface area contributed by atoms with Gasteiger partial charge in [0.1, 0.15) is 5.65 Å². The van der Waals surface area contributed by atoms with Crippen molar-refractivity contribution in [1.82, 2.24) is 19.3 Å². The number of aromatic nitrogens is 3. The van der Waals surface area contributed by atoms with E-state index in [0.29, 0.717) is 22.4 Å². The molecular formula is C27H25N5O3. The third-order valence-electron chi connectivity index (χ3n) is 5.78. The first kappa shape index (κ1) is 22.4. The van der Waals surface area contributed by atoms with Gasteiger partial charge in [0.25, 0.3) is 0 Å². The molecule has 0 radical (unpaired) electrons. The Balaban J connectivity index is 1.68. The summed E-state index contributed by atoms with van der Waals surface area (Å²) in [4.78, 5) is 26.5. The highest BCUT2D eigenvalue weighted by molar-refractivity contribution is 6.22. The predicted molar refractivity (Wildman–Crippen MR) is 136 cm³/mol. The molecule has 8 nitrogen and oxygen atoms in total. The Bertz CT molecular complexity index is 1560. The van der Waals surface area contributed by atoms with E-state index in [1.807, 2.05) is 67.3 Å². The van der Waals surface area contributed by atoms with E-state index in [2.05, 4.69) is 14.9 Å². The Hall–Kier alpha value is -4.43. The fourth-order valence-electron chi connectivity index (χ4n) is 4.16. The van der Waals surface area contributed by atoms with Gasteiger partial charge in [0, 0.05) is 41.6 Å². The average Bonchev–Trinajstić information content (AvgIpc) is 3.45. The highest BCUT2D eigenvalue weighted by Crippen LogP contribution is 2.32. The van der Waals surface area contributed by atoms with Gasteiger partial charge >= 0.3 is 5.97 Å². The second-order valence-electron chi connectivity index (χ2n) is 8.57. The van der Waals surface area contributed by atoms with Crippen LogP contribution < -0.4 is 0 Å². The minimum absolute atomic E-state index is 0.0341. The molecule has 5 rings (SSSR count). The molecule has 0 aliphatic heterocycles. The zero-order valence-electron chi connectivity index (χ0n) is 19.7. The van der Waals surface area contributed by atoms with Crippen LogP contribution in [0.25, 0.3) is 16.6 Å². The summed E-state index contributed by atoms with van der Waals surface area (Å²) in [6.07, 6.45) is 5.52. The smallest absolute Gasteiger partial charge is 0.337 e. The van der Waals surface area contributed by atoms with E-state index < -0.39 is 5.97 Å². The number of esters is 1. The number of ether oxygens (including phenoxy) is 1. The number of nitrogens with zero attached hydrogens (tertiary/aromatic N) is 4.